The van der Waals surface area contributed by atoms with Gasteiger partial charge in [-0.05, 0) is 48.4 Å². The zero-order valence-electron chi connectivity index (χ0n) is 14.6. The second-order valence-corrected chi connectivity index (χ2v) is 5.88. The van der Waals surface area contributed by atoms with E-state index in [9.17, 15) is 14.0 Å². The minimum atomic E-state index is -1.37. The number of nitrogens with one attached hydrogen (secondary N) is 2. The lowest BCUT2D eigenvalue weighted by atomic mass is 10.0. The summed E-state index contributed by atoms with van der Waals surface area (Å²) in [6.45, 7) is 2.07. The number of rotatable bonds is 6. The number of urea groups is 1. The van der Waals surface area contributed by atoms with Crippen molar-refractivity contribution >= 4 is 23.6 Å². The molecular weight excluding hydrogens is 351 g/mol. The molecule has 2 aromatic heterocycles. The molecule has 1 saturated heterocycles. The quantitative estimate of drug-likeness (QED) is 0.677. The molecule has 1 fully saturated rings. The van der Waals surface area contributed by atoms with Gasteiger partial charge in [0.15, 0.2) is 6.04 Å². The largest absolute Gasteiger partial charge is 0.459 e. The molecule has 7 nitrogen and oxygen atoms in total. The lowest BCUT2D eigenvalue weighted by Crippen LogP contribution is -2.22. The Morgan fingerprint density at radius 3 is 2.78 bits per heavy atom. The topological polar surface area (TPSA) is 110 Å². The van der Waals surface area contributed by atoms with Gasteiger partial charge in [0.05, 0.1) is 5.69 Å². The molecule has 0 radical (unpaired) electrons. The number of pyridine rings is 1. The minimum absolute atomic E-state index is 0.279. The van der Waals surface area contributed by atoms with Crippen molar-refractivity contribution in [1.82, 2.24) is 15.6 Å². The van der Waals surface area contributed by atoms with E-state index < -0.39 is 24.2 Å². The highest BCUT2D eigenvalue weighted by atomic mass is 19.1. The Labute approximate surface area is 155 Å². The second-order valence-electron chi connectivity index (χ2n) is 5.88. The fraction of sp³-hybridized carbons (Fsp3) is 0.211. The van der Waals surface area contributed by atoms with E-state index >= 15 is 0 Å². The molecule has 3 heterocycles. The lowest BCUT2D eigenvalue weighted by molar-refractivity contribution is -0.120. The number of carbonyl (C=O) groups excluding carboxylic acids is 2. The predicted molar refractivity (Wildman–Crippen MR) is 97.8 cm³/mol. The molecule has 3 rings (SSSR count). The molecule has 2 atom stereocenters. The highest BCUT2D eigenvalue weighted by Gasteiger charge is 2.33. The van der Waals surface area contributed by atoms with Gasteiger partial charge in [-0.25, -0.2) is 9.18 Å². The van der Waals surface area contributed by atoms with E-state index in [1.807, 2.05) is 0 Å². The van der Waals surface area contributed by atoms with Crippen LogP contribution in [0.2, 0.25) is 0 Å². The number of carbonyl (C=O) groups is 2. The van der Waals surface area contributed by atoms with Crippen LogP contribution in [0.15, 0.2) is 47.0 Å². The smallest absolute Gasteiger partial charge is 0.322 e. The molecule has 2 aromatic rings. The van der Waals surface area contributed by atoms with Crippen molar-refractivity contribution < 1.29 is 18.4 Å². The van der Waals surface area contributed by atoms with Crippen LogP contribution >= 0.6 is 0 Å². The molecule has 27 heavy (non-hydrogen) atoms. The van der Waals surface area contributed by atoms with Crippen molar-refractivity contribution in [3.8, 4) is 0 Å². The van der Waals surface area contributed by atoms with Crippen LogP contribution < -0.4 is 16.4 Å². The van der Waals surface area contributed by atoms with Gasteiger partial charge in [0, 0.05) is 12.7 Å². The first kappa shape index (κ1) is 18.5. The highest BCUT2D eigenvalue weighted by Crippen LogP contribution is 2.24. The molecule has 8 heteroatoms. The monoisotopic (exact) mass is 370 g/mol. The Balaban J connectivity index is 1.71. The van der Waals surface area contributed by atoms with Gasteiger partial charge in [-0.3, -0.25) is 15.1 Å². The Morgan fingerprint density at radius 2 is 2.19 bits per heavy atom. The molecule has 1 aliphatic heterocycles. The van der Waals surface area contributed by atoms with Crippen LogP contribution in [0, 0.1) is 0 Å². The van der Waals surface area contributed by atoms with Crippen molar-refractivity contribution in [2.24, 2.45) is 5.73 Å². The summed E-state index contributed by atoms with van der Waals surface area (Å²) in [4.78, 5) is 27.0. The summed E-state index contributed by atoms with van der Waals surface area (Å²) in [5.41, 5.74) is 7.38. The maximum atomic E-state index is 14.7. The number of nitrogens with zero attached hydrogens (tertiary/aromatic N) is 1. The first-order chi connectivity index (χ1) is 13.0. The van der Waals surface area contributed by atoms with Crippen LogP contribution in [0.5, 0.6) is 0 Å². The van der Waals surface area contributed by atoms with Gasteiger partial charge in [-0.2, -0.15) is 0 Å². The normalized spacial score (nSPS) is 18.6. The van der Waals surface area contributed by atoms with Crippen molar-refractivity contribution in [3.05, 3.63) is 65.4 Å². The number of aromatic nitrogens is 1. The van der Waals surface area contributed by atoms with Gasteiger partial charge in [0.25, 0.3) is 5.91 Å². The number of amides is 3. The molecular formula is C19H19FN4O3. The summed E-state index contributed by atoms with van der Waals surface area (Å²) in [7, 11) is 0. The first-order valence-corrected chi connectivity index (χ1v) is 8.36. The van der Waals surface area contributed by atoms with Crippen LogP contribution in [0.1, 0.15) is 35.7 Å². The van der Waals surface area contributed by atoms with E-state index in [4.69, 9.17) is 10.2 Å². The summed E-state index contributed by atoms with van der Waals surface area (Å²) in [6.07, 6.45) is 4.73. The van der Waals surface area contributed by atoms with Crippen LogP contribution in [0.4, 0.5) is 9.18 Å². The van der Waals surface area contributed by atoms with E-state index in [2.05, 4.69) is 15.6 Å². The van der Waals surface area contributed by atoms with E-state index in [-0.39, 0.29) is 5.76 Å². The van der Waals surface area contributed by atoms with E-state index in [0.717, 1.165) is 5.69 Å². The Morgan fingerprint density at radius 1 is 1.37 bits per heavy atom. The maximum absolute atomic E-state index is 14.7. The SMILES string of the molecule is C/C=C(/c1ccc(CN)nc1)C(F)C=Cc1ccc(C2NC(=O)NC2=O)o1. The van der Waals surface area contributed by atoms with Gasteiger partial charge >= 0.3 is 6.03 Å². The number of hydrogen-bond acceptors (Lipinski definition) is 5. The van der Waals surface area contributed by atoms with Crippen molar-refractivity contribution in [3.63, 3.8) is 0 Å². The highest BCUT2D eigenvalue weighted by molar-refractivity contribution is 6.04. The molecule has 3 amide bonds. The summed E-state index contributed by atoms with van der Waals surface area (Å²) >= 11 is 0. The Kier molecular flexibility index (Phi) is 5.46. The van der Waals surface area contributed by atoms with Crippen molar-refractivity contribution in [1.29, 1.82) is 0 Å². The second kappa shape index (κ2) is 7.96. The number of hydrogen-bond donors (Lipinski definition) is 3. The molecule has 4 N–H and O–H groups in total. The fourth-order valence-electron chi connectivity index (χ4n) is 2.71. The lowest BCUT2D eigenvalue weighted by Gasteiger charge is -2.09. The van der Waals surface area contributed by atoms with Gasteiger partial charge in [-0.15, -0.1) is 0 Å². The number of alkyl halides is 1. The number of halogens is 1. The summed E-state index contributed by atoms with van der Waals surface area (Å²) in [5.74, 6) is 0.160. The predicted octanol–water partition coefficient (Wildman–Crippen LogP) is 2.47. The zero-order chi connectivity index (χ0) is 19.4. The number of imide groups is 1. The number of furan rings is 1. The fourth-order valence-corrected chi connectivity index (χ4v) is 2.71. The Bertz CT molecular complexity index is 902. The van der Waals surface area contributed by atoms with Crippen molar-refractivity contribution in [2.45, 2.75) is 25.7 Å². The van der Waals surface area contributed by atoms with Crippen LogP contribution in [0.3, 0.4) is 0 Å². The Hall–Kier alpha value is -3.26. The zero-order valence-corrected chi connectivity index (χ0v) is 14.6. The van der Waals surface area contributed by atoms with Gasteiger partial charge in [0.1, 0.15) is 17.7 Å². The molecule has 0 saturated carbocycles. The number of nitrogens with two attached hydrogens (primary N) is 1. The molecule has 1 aliphatic rings. The minimum Gasteiger partial charge on any atom is -0.459 e. The van der Waals surface area contributed by atoms with E-state index in [1.165, 1.54) is 12.2 Å². The molecule has 0 spiro atoms. The molecule has 0 bridgehead atoms. The van der Waals surface area contributed by atoms with Gasteiger partial charge in [-0.1, -0.05) is 12.1 Å². The molecule has 140 valence electrons. The van der Waals surface area contributed by atoms with Crippen LogP contribution in [0.25, 0.3) is 11.6 Å². The maximum Gasteiger partial charge on any atom is 0.322 e. The number of allylic oxidation sites excluding steroid dienone is 3. The third-order valence-corrected chi connectivity index (χ3v) is 4.11. The van der Waals surface area contributed by atoms with E-state index in [0.29, 0.717) is 23.4 Å². The molecule has 0 aromatic carbocycles. The van der Waals surface area contributed by atoms with Crippen LogP contribution in [-0.4, -0.2) is 23.1 Å². The summed E-state index contributed by atoms with van der Waals surface area (Å²) < 4.78 is 20.2. The third-order valence-electron chi connectivity index (χ3n) is 4.11. The van der Waals surface area contributed by atoms with Crippen molar-refractivity contribution in [2.75, 3.05) is 0 Å². The van der Waals surface area contributed by atoms with Gasteiger partial charge < -0.3 is 15.5 Å². The standard InChI is InChI=1S/C19H19FN4O3/c1-2-14(11-3-4-12(9-21)22-10-11)15(20)7-5-13-6-8-16(27-13)17-18(25)24-19(26)23-17/h2-8,10,15,17H,9,21H2,1H3,(H2,23,24,25,26)/b7-5?,14-2-. The average Bonchev–Trinajstić information content (AvgIpc) is 3.27. The van der Waals surface area contributed by atoms with E-state index in [1.54, 1.807) is 43.5 Å². The molecule has 0 aliphatic carbocycles. The summed E-state index contributed by atoms with van der Waals surface area (Å²) in [6, 6.07) is 5.25. The first-order valence-electron chi connectivity index (χ1n) is 8.36. The third kappa shape index (κ3) is 4.12. The summed E-state index contributed by atoms with van der Waals surface area (Å²) in [5, 5.41) is 4.57. The van der Waals surface area contributed by atoms with Crippen LogP contribution in [-0.2, 0) is 11.3 Å². The van der Waals surface area contributed by atoms with Gasteiger partial charge in [0.2, 0.25) is 0 Å². The average molecular weight is 370 g/mol. The molecule has 2 unspecified atom stereocenters.